The van der Waals surface area contributed by atoms with Gasteiger partial charge in [-0.25, -0.2) is 4.98 Å². The molecule has 0 saturated carbocycles. The number of halogens is 1. The highest BCUT2D eigenvalue weighted by molar-refractivity contribution is 6.33. The molecule has 0 aliphatic carbocycles. The van der Waals surface area contributed by atoms with Gasteiger partial charge in [0.05, 0.1) is 21.0 Å². The molecule has 0 aliphatic heterocycles. The monoisotopic (exact) mass is 392 g/mol. The van der Waals surface area contributed by atoms with Crippen molar-refractivity contribution in [3.05, 3.63) is 87.4 Å². The molecule has 0 unspecified atom stereocenters. The molecule has 1 aromatic heterocycles. The number of benzene rings is 3. The van der Waals surface area contributed by atoms with Crippen molar-refractivity contribution in [2.24, 2.45) is 0 Å². The lowest BCUT2D eigenvalue weighted by Gasteiger charge is -2.08. The molecule has 4 rings (SSSR count). The Morgan fingerprint density at radius 1 is 1.07 bits per heavy atom. The summed E-state index contributed by atoms with van der Waals surface area (Å²) in [7, 11) is 0. The number of para-hydroxylation sites is 3. The summed E-state index contributed by atoms with van der Waals surface area (Å²) in [6.45, 7) is 0. The molecular weight excluding hydrogens is 380 g/mol. The molecule has 0 atom stereocenters. The van der Waals surface area contributed by atoms with Gasteiger partial charge in [0.1, 0.15) is 11.4 Å². The van der Waals surface area contributed by atoms with Crippen LogP contribution in [-0.2, 0) is 0 Å². The summed E-state index contributed by atoms with van der Waals surface area (Å²) in [6.07, 6.45) is 0. The van der Waals surface area contributed by atoms with Crippen molar-refractivity contribution in [2.75, 3.05) is 5.32 Å². The highest BCUT2D eigenvalue weighted by atomic mass is 35.5. The van der Waals surface area contributed by atoms with E-state index >= 15 is 0 Å². The molecule has 3 aromatic carbocycles. The minimum Gasteiger partial charge on any atom is -0.338 e. The van der Waals surface area contributed by atoms with Gasteiger partial charge in [-0.15, -0.1) is 0 Å². The van der Waals surface area contributed by atoms with Crippen molar-refractivity contribution >= 4 is 39.9 Å². The van der Waals surface area contributed by atoms with Crippen LogP contribution in [0.1, 0.15) is 10.4 Å². The smallest absolute Gasteiger partial charge is 0.282 e. The van der Waals surface area contributed by atoms with Crippen LogP contribution in [0.25, 0.3) is 22.4 Å². The number of fused-ring (bicyclic) bond motifs is 1. The number of carbonyl (C=O) groups is 1. The van der Waals surface area contributed by atoms with Crippen molar-refractivity contribution < 1.29 is 9.72 Å². The van der Waals surface area contributed by atoms with Gasteiger partial charge in [-0.3, -0.25) is 14.9 Å². The number of hydrogen-bond acceptors (Lipinski definition) is 4. The molecule has 7 nitrogen and oxygen atoms in total. The first-order chi connectivity index (χ1) is 13.5. The molecule has 0 saturated heterocycles. The summed E-state index contributed by atoms with van der Waals surface area (Å²) in [6, 6.07) is 18.3. The van der Waals surface area contributed by atoms with Gasteiger partial charge in [-0.1, -0.05) is 35.9 Å². The molecule has 0 radical (unpaired) electrons. The van der Waals surface area contributed by atoms with E-state index in [1.165, 1.54) is 18.2 Å². The Bertz CT molecular complexity index is 1190. The third kappa shape index (κ3) is 3.30. The van der Waals surface area contributed by atoms with Crippen LogP contribution in [0.3, 0.4) is 0 Å². The number of anilines is 1. The number of hydrogen-bond donors (Lipinski definition) is 2. The molecule has 8 heteroatoms. The van der Waals surface area contributed by atoms with Crippen LogP contribution in [-0.4, -0.2) is 20.8 Å². The SMILES string of the molecule is O=C(Nc1ccc(Cl)c(-c2nc3ccccc3[nH]2)c1)c1ccccc1[N+](=O)[O-]. The number of nitro benzene ring substituents is 1. The van der Waals surface area contributed by atoms with Crippen LogP contribution >= 0.6 is 11.6 Å². The van der Waals surface area contributed by atoms with Gasteiger partial charge >= 0.3 is 0 Å². The number of nitrogens with one attached hydrogen (secondary N) is 2. The predicted molar refractivity (Wildman–Crippen MR) is 108 cm³/mol. The second-order valence-corrected chi connectivity index (χ2v) is 6.43. The fourth-order valence-corrected chi connectivity index (χ4v) is 3.10. The molecule has 0 spiro atoms. The molecule has 138 valence electrons. The third-order valence-electron chi connectivity index (χ3n) is 4.21. The van der Waals surface area contributed by atoms with Crippen LogP contribution in [0, 0.1) is 10.1 Å². The van der Waals surface area contributed by atoms with Gasteiger partial charge in [-0.05, 0) is 36.4 Å². The van der Waals surface area contributed by atoms with E-state index in [0.29, 0.717) is 22.1 Å². The van der Waals surface area contributed by atoms with E-state index in [4.69, 9.17) is 11.6 Å². The zero-order valence-electron chi connectivity index (χ0n) is 14.3. The minimum atomic E-state index is -0.587. The number of aromatic amines is 1. The van der Waals surface area contributed by atoms with Crippen molar-refractivity contribution in [2.45, 2.75) is 0 Å². The summed E-state index contributed by atoms with van der Waals surface area (Å²) in [5, 5.41) is 14.3. The molecule has 1 amide bonds. The van der Waals surface area contributed by atoms with Crippen molar-refractivity contribution in [3.8, 4) is 11.4 Å². The highest BCUT2D eigenvalue weighted by Crippen LogP contribution is 2.30. The lowest BCUT2D eigenvalue weighted by molar-refractivity contribution is -0.385. The van der Waals surface area contributed by atoms with E-state index in [1.807, 2.05) is 24.3 Å². The van der Waals surface area contributed by atoms with Crippen molar-refractivity contribution in [1.82, 2.24) is 9.97 Å². The third-order valence-corrected chi connectivity index (χ3v) is 4.54. The number of carbonyl (C=O) groups excluding carboxylic acids is 1. The minimum absolute atomic E-state index is 0.0206. The average Bonchev–Trinajstić information content (AvgIpc) is 3.13. The van der Waals surface area contributed by atoms with Gasteiger partial charge in [0, 0.05) is 17.3 Å². The zero-order chi connectivity index (χ0) is 19.7. The van der Waals surface area contributed by atoms with E-state index in [9.17, 15) is 14.9 Å². The summed E-state index contributed by atoms with van der Waals surface area (Å²) in [4.78, 5) is 30.8. The Labute approximate surface area is 164 Å². The van der Waals surface area contributed by atoms with Crippen molar-refractivity contribution in [3.63, 3.8) is 0 Å². The first-order valence-corrected chi connectivity index (χ1v) is 8.70. The fourth-order valence-electron chi connectivity index (χ4n) is 2.89. The van der Waals surface area contributed by atoms with E-state index in [-0.39, 0.29) is 11.3 Å². The number of H-pyrrole nitrogens is 1. The maximum absolute atomic E-state index is 12.5. The van der Waals surface area contributed by atoms with Crippen LogP contribution < -0.4 is 5.32 Å². The van der Waals surface area contributed by atoms with Gasteiger partial charge in [0.2, 0.25) is 0 Å². The van der Waals surface area contributed by atoms with Gasteiger partial charge in [0.25, 0.3) is 11.6 Å². The molecule has 0 bridgehead atoms. The maximum Gasteiger partial charge on any atom is 0.282 e. The largest absolute Gasteiger partial charge is 0.338 e. The summed E-state index contributed by atoms with van der Waals surface area (Å²) in [5.74, 6) is -0.0156. The molecule has 2 N–H and O–H groups in total. The average molecular weight is 393 g/mol. The first kappa shape index (κ1) is 17.7. The molecule has 28 heavy (non-hydrogen) atoms. The Kier molecular flexibility index (Phi) is 4.50. The second kappa shape index (κ2) is 7.13. The fraction of sp³-hybridized carbons (Fsp3) is 0. The quantitative estimate of drug-likeness (QED) is 0.375. The van der Waals surface area contributed by atoms with E-state index < -0.39 is 10.8 Å². The number of nitrogens with zero attached hydrogens (tertiary/aromatic N) is 2. The summed E-state index contributed by atoms with van der Waals surface area (Å²) in [5.41, 5.74) is 2.44. The Morgan fingerprint density at radius 3 is 2.61 bits per heavy atom. The molecular formula is C20H13ClN4O3. The van der Waals surface area contributed by atoms with Crippen molar-refractivity contribution in [1.29, 1.82) is 0 Å². The van der Waals surface area contributed by atoms with E-state index in [1.54, 1.807) is 24.3 Å². The first-order valence-electron chi connectivity index (χ1n) is 8.32. The Balaban J connectivity index is 1.68. The second-order valence-electron chi connectivity index (χ2n) is 6.03. The Hall–Kier alpha value is -3.71. The van der Waals surface area contributed by atoms with Gasteiger partial charge < -0.3 is 10.3 Å². The molecule has 0 aliphatic rings. The number of amides is 1. The lowest BCUT2D eigenvalue weighted by Crippen LogP contribution is -2.13. The molecule has 1 heterocycles. The molecule has 0 fully saturated rings. The van der Waals surface area contributed by atoms with Crippen LogP contribution in [0.2, 0.25) is 5.02 Å². The standard InChI is InChI=1S/C20H13ClN4O3/c21-15-10-9-12(22-20(26)13-5-1-4-8-18(13)25(27)28)11-14(15)19-23-16-6-2-3-7-17(16)24-19/h1-11H,(H,22,26)(H,23,24). The van der Waals surface area contributed by atoms with Gasteiger partial charge in [-0.2, -0.15) is 0 Å². The topological polar surface area (TPSA) is 101 Å². The molecule has 4 aromatic rings. The zero-order valence-corrected chi connectivity index (χ0v) is 15.1. The normalized spacial score (nSPS) is 10.8. The summed E-state index contributed by atoms with van der Waals surface area (Å²) < 4.78 is 0. The van der Waals surface area contributed by atoms with Gasteiger partial charge in [0.15, 0.2) is 0 Å². The predicted octanol–water partition coefficient (Wildman–Crippen LogP) is 5.04. The van der Waals surface area contributed by atoms with Crippen LogP contribution in [0.4, 0.5) is 11.4 Å². The van der Waals surface area contributed by atoms with E-state index in [0.717, 1.165) is 11.0 Å². The number of imidazole rings is 1. The number of aromatic nitrogens is 2. The maximum atomic E-state index is 12.5. The number of rotatable bonds is 4. The highest BCUT2D eigenvalue weighted by Gasteiger charge is 2.19. The van der Waals surface area contributed by atoms with E-state index in [2.05, 4.69) is 15.3 Å². The number of nitro groups is 1. The van der Waals surface area contributed by atoms with Crippen LogP contribution in [0.5, 0.6) is 0 Å². The Morgan fingerprint density at radius 2 is 1.82 bits per heavy atom. The summed E-state index contributed by atoms with van der Waals surface area (Å²) >= 11 is 6.32. The van der Waals surface area contributed by atoms with Crippen LogP contribution in [0.15, 0.2) is 66.7 Å². The lowest BCUT2D eigenvalue weighted by atomic mass is 10.1.